The number of para-hydroxylation sites is 1. The molecule has 0 saturated carbocycles. The molecule has 0 aliphatic rings. The number of hydrogen-bond donors (Lipinski definition) is 1. The van der Waals surface area contributed by atoms with E-state index in [2.05, 4.69) is 20.3 Å². The number of benzene rings is 2. The lowest BCUT2D eigenvalue weighted by atomic mass is 10.2. The fourth-order valence-electron chi connectivity index (χ4n) is 3.47. The van der Waals surface area contributed by atoms with Crippen LogP contribution >= 0.6 is 11.3 Å². The molecule has 6 rings (SSSR count). The third-order valence-electron chi connectivity index (χ3n) is 4.83. The number of rotatable bonds is 3. The summed E-state index contributed by atoms with van der Waals surface area (Å²) < 4.78 is 7.83. The highest BCUT2D eigenvalue weighted by Crippen LogP contribution is 2.39. The maximum Gasteiger partial charge on any atom is 0.245 e. The summed E-state index contributed by atoms with van der Waals surface area (Å²) in [6, 6.07) is 18.1. The van der Waals surface area contributed by atoms with Crippen molar-refractivity contribution in [1.82, 2.24) is 29.8 Å². The number of nitrogens with zero attached hydrogens (tertiary/aromatic N) is 6. The van der Waals surface area contributed by atoms with Gasteiger partial charge in [0.25, 0.3) is 0 Å². The zero-order valence-electron chi connectivity index (χ0n) is 15.0. The van der Waals surface area contributed by atoms with Gasteiger partial charge < -0.3 is 10.3 Å². The molecule has 0 amide bonds. The molecule has 0 atom stereocenters. The van der Waals surface area contributed by atoms with Crippen molar-refractivity contribution in [3.05, 3.63) is 60.2 Å². The molecule has 0 unspecified atom stereocenters. The first-order valence-corrected chi connectivity index (χ1v) is 9.77. The minimum Gasteiger partial charge on any atom is -0.384 e. The van der Waals surface area contributed by atoms with Crippen LogP contribution in [0, 0.1) is 0 Å². The standard InChI is InChI=1S/C20H13N7OS/c21-16-14(20-22-12-8-4-5-9-13(12)29-20)15-19(24-18-17(23-15)25-28-26-18)27(16)10-11-6-2-1-3-7-11/h1-9H,10,21H2. The quantitative estimate of drug-likeness (QED) is 0.481. The molecule has 0 radical (unpaired) electrons. The van der Waals surface area contributed by atoms with E-state index in [1.54, 1.807) is 11.3 Å². The molecular formula is C20H13N7OS. The van der Waals surface area contributed by atoms with Gasteiger partial charge in [0, 0.05) is 0 Å². The Bertz CT molecular complexity index is 1470. The monoisotopic (exact) mass is 399 g/mol. The van der Waals surface area contributed by atoms with E-state index in [0.29, 0.717) is 34.8 Å². The molecule has 0 bridgehead atoms. The molecule has 29 heavy (non-hydrogen) atoms. The van der Waals surface area contributed by atoms with Gasteiger partial charge in [-0.05, 0) is 28.0 Å². The lowest BCUT2D eigenvalue weighted by Crippen LogP contribution is -2.05. The summed E-state index contributed by atoms with van der Waals surface area (Å²) >= 11 is 1.57. The van der Waals surface area contributed by atoms with Crippen LogP contribution in [0.15, 0.2) is 59.2 Å². The van der Waals surface area contributed by atoms with Crippen LogP contribution in [0.1, 0.15) is 5.56 Å². The molecule has 2 aromatic carbocycles. The summed E-state index contributed by atoms with van der Waals surface area (Å²) in [4.78, 5) is 14.0. The molecule has 0 aliphatic carbocycles. The molecule has 9 heteroatoms. The molecule has 2 N–H and O–H groups in total. The summed E-state index contributed by atoms with van der Waals surface area (Å²) in [6.45, 7) is 0.555. The van der Waals surface area contributed by atoms with Gasteiger partial charge in [-0.15, -0.1) is 11.3 Å². The number of nitrogens with two attached hydrogens (primary N) is 1. The van der Waals surface area contributed by atoms with Gasteiger partial charge in [-0.2, -0.15) is 0 Å². The second kappa shape index (κ2) is 6.08. The van der Waals surface area contributed by atoms with Crippen LogP contribution in [0.4, 0.5) is 5.82 Å². The SMILES string of the molecule is Nc1c(-c2nc3ccccc3s2)c2nc3nonc3nc2n1Cc1ccccc1. The Kier molecular flexibility index (Phi) is 3.38. The molecule has 0 aliphatic heterocycles. The maximum absolute atomic E-state index is 6.63. The van der Waals surface area contributed by atoms with E-state index >= 15 is 0 Å². The highest BCUT2D eigenvalue weighted by Gasteiger charge is 2.23. The predicted molar refractivity (Wildman–Crippen MR) is 111 cm³/mol. The molecule has 0 fully saturated rings. The molecule has 0 spiro atoms. The Morgan fingerprint density at radius 1 is 0.897 bits per heavy atom. The fraction of sp³-hybridized carbons (Fsp3) is 0.0500. The Balaban J connectivity index is 1.65. The average Bonchev–Trinajstić information content (AvgIpc) is 3.43. The normalized spacial score (nSPS) is 11.7. The maximum atomic E-state index is 6.63. The molecule has 6 aromatic rings. The Hall–Kier alpha value is -3.85. The summed E-state index contributed by atoms with van der Waals surface area (Å²) in [5, 5.41) is 8.48. The van der Waals surface area contributed by atoms with Crippen LogP contribution in [0.25, 0.3) is 43.2 Å². The zero-order valence-corrected chi connectivity index (χ0v) is 15.8. The Labute approximate surface area is 167 Å². The lowest BCUT2D eigenvalue weighted by Gasteiger charge is -2.07. The lowest BCUT2D eigenvalue weighted by molar-refractivity contribution is 0.314. The van der Waals surface area contributed by atoms with Gasteiger partial charge in [-0.1, -0.05) is 42.5 Å². The third kappa shape index (κ3) is 2.48. The van der Waals surface area contributed by atoms with Crippen molar-refractivity contribution in [1.29, 1.82) is 0 Å². The molecule has 8 nitrogen and oxygen atoms in total. The van der Waals surface area contributed by atoms with Crippen molar-refractivity contribution >= 4 is 49.8 Å². The van der Waals surface area contributed by atoms with Gasteiger partial charge in [-0.3, -0.25) is 0 Å². The summed E-state index contributed by atoms with van der Waals surface area (Å²) in [7, 11) is 0. The first-order chi connectivity index (χ1) is 14.3. The molecule has 140 valence electrons. The summed E-state index contributed by atoms with van der Waals surface area (Å²) in [5.41, 5.74) is 11.4. The second-order valence-electron chi connectivity index (χ2n) is 6.63. The van der Waals surface area contributed by atoms with E-state index in [0.717, 1.165) is 26.4 Å². The van der Waals surface area contributed by atoms with E-state index in [1.807, 2.05) is 59.2 Å². The number of hydrogen-bond acceptors (Lipinski definition) is 8. The molecule has 4 heterocycles. The topological polar surface area (TPSA) is 109 Å². The van der Waals surface area contributed by atoms with Gasteiger partial charge in [-0.25, -0.2) is 19.6 Å². The number of fused-ring (bicyclic) bond motifs is 3. The van der Waals surface area contributed by atoms with Crippen molar-refractivity contribution in [2.24, 2.45) is 0 Å². The molecule has 4 aromatic heterocycles. The van der Waals surface area contributed by atoms with Gasteiger partial charge in [0.05, 0.1) is 22.3 Å². The van der Waals surface area contributed by atoms with Crippen LogP contribution in [0.5, 0.6) is 0 Å². The third-order valence-corrected chi connectivity index (χ3v) is 5.88. The van der Waals surface area contributed by atoms with Crippen LogP contribution in [-0.4, -0.2) is 29.8 Å². The van der Waals surface area contributed by atoms with Crippen molar-refractivity contribution in [2.45, 2.75) is 6.54 Å². The smallest absolute Gasteiger partial charge is 0.245 e. The average molecular weight is 399 g/mol. The van der Waals surface area contributed by atoms with Crippen LogP contribution in [-0.2, 0) is 6.54 Å². The number of nitrogen functional groups attached to an aromatic ring is 1. The van der Waals surface area contributed by atoms with Crippen molar-refractivity contribution in [2.75, 3.05) is 5.73 Å². The molecule has 0 saturated heterocycles. The van der Waals surface area contributed by atoms with Gasteiger partial charge in [0.1, 0.15) is 16.3 Å². The highest BCUT2D eigenvalue weighted by molar-refractivity contribution is 7.21. The van der Waals surface area contributed by atoms with E-state index in [4.69, 9.17) is 15.3 Å². The summed E-state index contributed by atoms with van der Waals surface area (Å²) in [6.07, 6.45) is 0. The molecular weight excluding hydrogens is 386 g/mol. The zero-order chi connectivity index (χ0) is 19.4. The number of aromatic nitrogens is 6. The van der Waals surface area contributed by atoms with E-state index < -0.39 is 0 Å². The van der Waals surface area contributed by atoms with E-state index in [-0.39, 0.29) is 0 Å². The van der Waals surface area contributed by atoms with Gasteiger partial charge >= 0.3 is 0 Å². The number of anilines is 1. The van der Waals surface area contributed by atoms with E-state index in [9.17, 15) is 0 Å². The van der Waals surface area contributed by atoms with Crippen LogP contribution < -0.4 is 5.73 Å². The largest absolute Gasteiger partial charge is 0.384 e. The minimum absolute atomic E-state index is 0.344. The van der Waals surface area contributed by atoms with Crippen molar-refractivity contribution < 1.29 is 4.63 Å². The first kappa shape index (κ1) is 16.1. The Morgan fingerprint density at radius 3 is 2.48 bits per heavy atom. The van der Waals surface area contributed by atoms with Gasteiger partial charge in [0.15, 0.2) is 5.65 Å². The first-order valence-electron chi connectivity index (χ1n) is 8.96. The fourth-order valence-corrected chi connectivity index (χ4v) is 4.49. The van der Waals surface area contributed by atoms with Crippen molar-refractivity contribution in [3.8, 4) is 10.6 Å². The van der Waals surface area contributed by atoms with Gasteiger partial charge in [0.2, 0.25) is 11.3 Å². The second-order valence-corrected chi connectivity index (χ2v) is 7.66. The Morgan fingerprint density at radius 2 is 1.66 bits per heavy atom. The van der Waals surface area contributed by atoms with Crippen molar-refractivity contribution in [3.63, 3.8) is 0 Å². The van der Waals surface area contributed by atoms with E-state index in [1.165, 1.54) is 0 Å². The highest BCUT2D eigenvalue weighted by atomic mass is 32.1. The van der Waals surface area contributed by atoms with Crippen LogP contribution in [0.2, 0.25) is 0 Å². The van der Waals surface area contributed by atoms with Crippen LogP contribution in [0.3, 0.4) is 0 Å². The summed E-state index contributed by atoms with van der Waals surface area (Å²) in [5.74, 6) is 0.563. The predicted octanol–water partition coefficient (Wildman–Crippen LogP) is 3.87. The number of thiazole rings is 1. The minimum atomic E-state index is 0.344.